The molecule has 0 saturated heterocycles. The molecule has 1 aromatic heterocycles. The van der Waals surface area contributed by atoms with Crippen molar-refractivity contribution in [1.29, 1.82) is 0 Å². The SMILES string of the molecule is O=C(O)c1cc2n(n1)CCN(Cc1cccc(OC(F)(F)F)c1)C2=O. The van der Waals surface area contributed by atoms with Crippen LogP contribution in [0.15, 0.2) is 30.3 Å². The zero-order chi connectivity index (χ0) is 18.2. The number of amides is 1. The summed E-state index contributed by atoms with van der Waals surface area (Å²) >= 11 is 0. The number of aromatic nitrogens is 2. The van der Waals surface area contributed by atoms with Gasteiger partial charge in [0.15, 0.2) is 5.69 Å². The number of hydrogen-bond acceptors (Lipinski definition) is 4. The molecule has 1 N–H and O–H groups in total. The van der Waals surface area contributed by atoms with Crippen molar-refractivity contribution in [1.82, 2.24) is 14.7 Å². The van der Waals surface area contributed by atoms with Crippen molar-refractivity contribution in [3.05, 3.63) is 47.3 Å². The largest absolute Gasteiger partial charge is 0.573 e. The summed E-state index contributed by atoms with van der Waals surface area (Å²) in [6, 6.07) is 6.53. The van der Waals surface area contributed by atoms with Gasteiger partial charge in [0.1, 0.15) is 11.4 Å². The van der Waals surface area contributed by atoms with Crippen molar-refractivity contribution < 1.29 is 32.6 Å². The summed E-state index contributed by atoms with van der Waals surface area (Å²) in [6.45, 7) is 0.630. The second-order valence-corrected chi connectivity index (χ2v) is 5.37. The Morgan fingerprint density at radius 1 is 1.28 bits per heavy atom. The van der Waals surface area contributed by atoms with Gasteiger partial charge in [0, 0.05) is 19.2 Å². The Labute approximate surface area is 139 Å². The summed E-state index contributed by atoms with van der Waals surface area (Å²) in [5.74, 6) is -2.04. The summed E-state index contributed by atoms with van der Waals surface area (Å²) in [6.07, 6.45) is -4.79. The Hall–Kier alpha value is -3.04. The number of carbonyl (C=O) groups is 2. The van der Waals surface area contributed by atoms with Crippen LogP contribution in [0.4, 0.5) is 13.2 Å². The van der Waals surface area contributed by atoms with E-state index in [1.165, 1.54) is 33.8 Å². The van der Waals surface area contributed by atoms with Gasteiger partial charge < -0.3 is 14.7 Å². The van der Waals surface area contributed by atoms with Gasteiger partial charge >= 0.3 is 12.3 Å². The molecule has 0 radical (unpaired) electrons. The van der Waals surface area contributed by atoms with Gasteiger partial charge in [0.25, 0.3) is 5.91 Å². The molecule has 2 aromatic rings. The maximum absolute atomic E-state index is 12.4. The average Bonchev–Trinajstić information content (AvgIpc) is 2.94. The van der Waals surface area contributed by atoms with Gasteiger partial charge in [0.2, 0.25) is 0 Å². The summed E-state index contributed by atoms with van der Waals surface area (Å²) in [4.78, 5) is 24.8. The first kappa shape index (κ1) is 16.8. The normalized spacial score (nSPS) is 14.4. The minimum atomic E-state index is -4.79. The zero-order valence-corrected chi connectivity index (χ0v) is 12.7. The smallest absolute Gasteiger partial charge is 0.476 e. The van der Waals surface area contributed by atoms with Crippen LogP contribution in [0, 0.1) is 0 Å². The number of hydrogen-bond donors (Lipinski definition) is 1. The van der Waals surface area contributed by atoms with E-state index in [0.29, 0.717) is 12.1 Å². The molecule has 1 aliphatic rings. The Bertz CT molecular complexity index is 832. The number of carbonyl (C=O) groups excluding carboxylic acids is 1. The van der Waals surface area contributed by atoms with Gasteiger partial charge in [-0.25, -0.2) is 4.79 Å². The molecule has 3 rings (SSSR count). The number of carboxylic acid groups (broad SMARTS) is 1. The van der Waals surface area contributed by atoms with E-state index in [-0.39, 0.29) is 30.2 Å². The second-order valence-electron chi connectivity index (χ2n) is 5.37. The minimum Gasteiger partial charge on any atom is -0.476 e. The van der Waals surface area contributed by atoms with Crippen LogP contribution in [-0.4, -0.2) is 44.6 Å². The molecular weight excluding hydrogens is 343 g/mol. The number of fused-ring (bicyclic) bond motifs is 1. The van der Waals surface area contributed by atoms with Crippen molar-refractivity contribution in [2.45, 2.75) is 19.5 Å². The number of rotatable bonds is 4. The predicted molar refractivity (Wildman–Crippen MR) is 77.1 cm³/mol. The first-order chi connectivity index (χ1) is 11.7. The Morgan fingerprint density at radius 2 is 2.04 bits per heavy atom. The Morgan fingerprint density at radius 3 is 2.72 bits per heavy atom. The average molecular weight is 355 g/mol. The lowest BCUT2D eigenvalue weighted by Gasteiger charge is -2.27. The lowest BCUT2D eigenvalue weighted by molar-refractivity contribution is -0.274. The number of carboxylic acids is 1. The van der Waals surface area contributed by atoms with E-state index in [2.05, 4.69) is 9.84 Å². The zero-order valence-electron chi connectivity index (χ0n) is 12.7. The summed E-state index contributed by atoms with van der Waals surface area (Å²) < 4.78 is 42.0. The molecule has 0 unspecified atom stereocenters. The molecule has 0 spiro atoms. The van der Waals surface area contributed by atoms with Gasteiger partial charge in [-0.1, -0.05) is 12.1 Å². The summed E-state index contributed by atoms with van der Waals surface area (Å²) in [7, 11) is 0. The van der Waals surface area contributed by atoms with E-state index in [9.17, 15) is 22.8 Å². The first-order valence-corrected chi connectivity index (χ1v) is 7.18. The van der Waals surface area contributed by atoms with Crippen LogP contribution >= 0.6 is 0 Å². The Kier molecular flexibility index (Phi) is 4.11. The van der Waals surface area contributed by atoms with Crippen LogP contribution in [0.1, 0.15) is 26.5 Å². The maximum atomic E-state index is 12.4. The number of nitrogens with zero attached hydrogens (tertiary/aromatic N) is 3. The number of ether oxygens (including phenoxy) is 1. The van der Waals surface area contributed by atoms with E-state index in [0.717, 1.165) is 0 Å². The lowest BCUT2D eigenvalue weighted by Crippen LogP contribution is -2.39. The highest BCUT2D eigenvalue weighted by atomic mass is 19.4. The van der Waals surface area contributed by atoms with E-state index in [4.69, 9.17) is 5.11 Å². The van der Waals surface area contributed by atoms with E-state index in [1.54, 1.807) is 6.07 Å². The standard InChI is InChI=1S/C15H12F3N3O4/c16-15(17,18)25-10-3-1-2-9(6-10)8-20-4-5-21-12(13(20)22)7-11(19-21)14(23)24/h1-3,6-7H,4-5,8H2,(H,23,24). The predicted octanol–water partition coefficient (Wildman–Crippen LogP) is 2.14. The first-order valence-electron chi connectivity index (χ1n) is 7.18. The van der Waals surface area contributed by atoms with Crippen molar-refractivity contribution in [3.8, 4) is 5.75 Å². The van der Waals surface area contributed by atoms with Crippen molar-refractivity contribution in [2.24, 2.45) is 0 Å². The highest BCUT2D eigenvalue weighted by Crippen LogP contribution is 2.24. The summed E-state index contributed by atoms with van der Waals surface area (Å²) in [5, 5.41) is 12.8. The monoisotopic (exact) mass is 355 g/mol. The molecule has 0 atom stereocenters. The molecule has 1 aliphatic heterocycles. The molecular formula is C15H12F3N3O4. The van der Waals surface area contributed by atoms with Crippen LogP contribution in [0.2, 0.25) is 0 Å². The number of halogens is 3. The number of alkyl halides is 3. The molecule has 2 heterocycles. The molecule has 1 amide bonds. The molecule has 0 fully saturated rings. The van der Waals surface area contributed by atoms with Crippen LogP contribution < -0.4 is 4.74 Å². The molecule has 7 nitrogen and oxygen atoms in total. The quantitative estimate of drug-likeness (QED) is 0.908. The second kappa shape index (κ2) is 6.11. The van der Waals surface area contributed by atoms with Crippen LogP contribution in [0.25, 0.3) is 0 Å². The molecule has 10 heteroatoms. The van der Waals surface area contributed by atoms with E-state index in [1.807, 2.05) is 0 Å². The number of aromatic carboxylic acids is 1. The molecule has 0 saturated carbocycles. The topological polar surface area (TPSA) is 84.7 Å². The molecule has 0 bridgehead atoms. The van der Waals surface area contributed by atoms with Crippen molar-refractivity contribution in [3.63, 3.8) is 0 Å². The fourth-order valence-electron chi connectivity index (χ4n) is 2.56. The highest BCUT2D eigenvalue weighted by Gasteiger charge is 2.31. The fourth-order valence-corrected chi connectivity index (χ4v) is 2.56. The van der Waals surface area contributed by atoms with Gasteiger partial charge in [-0.05, 0) is 17.7 Å². The van der Waals surface area contributed by atoms with Crippen LogP contribution in [0.3, 0.4) is 0 Å². The van der Waals surface area contributed by atoms with Gasteiger partial charge in [-0.3, -0.25) is 9.48 Å². The third-order valence-electron chi connectivity index (χ3n) is 3.59. The van der Waals surface area contributed by atoms with E-state index >= 15 is 0 Å². The minimum absolute atomic E-state index is 0.0709. The van der Waals surface area contributed by atoms with Gasteiger partial charge in [-0.15, -0.1) is 13.2 Å². The summed E-state index contributed by atoms with van der Waals surface area (Å²) in [5.41, 5.74) is 0.360. The fraction of sp³-hybridized carbons (Fsp3) is 0.267. The maximum Gasteiger partial charge on any atom is 0.573 e. The molecule has 132 valence electrons. The molecule has 25 heavy (non-hydrogen) atoms. The molecule has 0 aliphatic carbocycles. The van der Waals surface area contributed by atoms with Crippen LogP contribution in [0.5, 0.6) is 5.75 Å². The van der Waals surface area contributed by atoms with Gasteiger partial charge in [-0.2, -0.15) is 5.10 Å². The van der Waals surface area contributed by atoms with Gasteiger partial charge in [0.05, 0.1) is 6.54 Å². The number of benzene rings is 1. The third kappa shape index (κ3) is 3.73. The third-order valence-corrected chi connectivity index (χ3v) is 3.59. The van der Waals surface area contributed by atoms with Crippen molar-refractivity contribution >= 4 is 11.9 Å². The van der Waals surface area contributed by atoms with E-state index < -0.39 is 18.2 Å². The molecule has 1 aromatic carbocycles. The lowest BCUT2D eigenvalue weighted by atomic mass is 10.1. The van der Waals surface area contributed by atoms with Crippen LogP contribution in [-0.2, 0) is 13.1 Å². The highest BCUT2D eigenvalue weighted by molar-refractivity contribution is 5.96. The Balaban J connectivity index is 1.76. The van der Waals surface area contributed by atoms with Crippen molar-refractivity contribution in [2.75, 3.05) is 6.54 Å².